The van der Waals surface area contributed by atoms with Gasteiger partial charge in [0.15, 0.2) is 6.54 Å². The number of sulfonamides is 1. The largest absolute Gasteiger partial charge is 0.327 e. The van der Waals surface area contributed by atoms with Crippen LogP contribution in [0.1, 0.15) is 39.2 Å². The zero-order valence-electron chi connectivity index (χ0n) is 16.3. The number of nitrogens with zero attached hydrogens (tertiary/aromatic N) is 1. The van der Waals surface area contributed by atoms with E-state index in [2.05, 4.69) is 12.2 Å². The lowest BCUT2D eigenvalue weighted by atomic mass is 10.0. The van der Waals surface area contributed by atoms with E-state index in [0.29, 0.717) is 36.8 Å². The smallest absolute Gasteiger partial charge is 0.279 e. The second-order valence-electron chi connectivity index (χ2n) is 7.25. The Morgan fingerprint density at radius 1 is 1.31 bits per heavy atom. The van der Waals surface area contributed by atoms with Crippen LogP contribution in [-0.4, -0.2) is 51.4 Å². The van der Waals surface area contributed by atoms with Crippen molar-refractivity contribution in [2.24, 2.45) is 5.92 Å². The molecule has 1 saturated heterocycles. The molecule has 1 aliphatic heterocycles. The SMILES string of the molecule is CCN(CC)S(=O)(=O)c1cc(NC(=O)C[NH+]2CCC[C@@H](C)C2)ccc1C. The van der Waals surface area contributed by atoms with E-state index in [1.165, 1.54) is 15.6 Å². The Kier molecular flexibility index (Phi) is 7.20. The van der Waals surface area contributed by atoms with E-state index in [-0.39, 0.29) is 10.8 Å². The first-order valence-corrected chi connectivity index (χ1v) is 11.0. The lowest BCUT2D eigenvalue weighted by molar-refractivity contribution is -0.900. The maximum absolute atomic E-state index is 12.8. The summed E-state index contributed by atoms with van der Waals surface area (Å²) in [4.78, 5) is 13.9. The van der Waals surface area contributed by atoms with E-state index in [1.807, 2.05) is 13.8 Å². The fourth-order valence-corrected chi connectivity index (χ4v) is 5.36. The molecule has 146 valence electrons. The normalized spacial score (nSPS) is 21.0. The minimum Gasteiger partial charge on any atom is -0.327 e. The molecule has 2 atom stereocenters. The van der Waals surface area contributed by atoms with E-state index in [4.69, 9.17) is 0 Å². The summed E-state index contributed by atoms with van der Waals surface area (Å²) >= 11 is 0. The molecule has 1 fully saturated rings. The monoisotopic (exact) mass is 382 g/mol. The maximum Gasteiger partial charge on any atom is 0.279 e. The van der Waals surface area contributed by atoms with Crippen LogP contribution in [0.5, 0.6) is 0 Å². The zero-order valence-corrected chi connectivity index (χ0v) is 17.2. The van der Waals surface area contributed by atoms with Crippen LogP contribution in [0.4, 0.5) is 5.69 Å². The number of likely N-dealkylation sites (tertiary alicyclic amines) is 1. The van der Waals surface area contributed by atoms with Crippen molar-refractivity contribution in [1.82, 2.24) is 4.31 Å². The van der Waals surface area contributed by atoms with Gasteiger partial charge in [-0.25, -0.2) is 8.42 Å². The van der Waals surface area contributed by atoms with Crippen LogP contribution in [0.3, 0.4) is 0 Å². The summed E-state index contributed by atoms with van der Waals surface area (Å²) in [6, 6.07) is 5.10. The number of hydrogen-bond donors (Lipinski definition) is 2. The molecule has 0 spiro atoms. The van der Waals surface area contributed by atoms with Gasteiger partial charge in [0.1, 0.15) is 0 Å². The van der Waals surface area contributed by atoms with Crippen LogP contribution in [0.15, 0.2) is 23.1 Å². The topological polar surface area (TPSA) is 70.9 Å². The first-order chi connectivity index (χ1) is 12.3. The fraction of sp³-hybridized carbons (Fsp3) is 0.632. The molecule has 1 aromatic rings. The van der Waals surface area contributed by atoms with Crippen molar-refractivity contribution >= 4 is 21.6 Å². The predicted octanol–water partition coefficient (Wildman–Crippen LogP) is 1.28. The van der Waals surface area contributed by atoms with Crippen molar-refractivity contribution in [2.45, 2.75) is 45.4 Å². The average Bonchev–Trinajstić information content (AvgIpc) is 2.57. The first-order valence-electron chi connectivity index (χ1n) is 9.52. The molecule has 1 aromatic carbocycles. The molecule has 0 aromatic heterocycles. The Morgan fingerprint density at radius 3 is 2.62 bits per heavy atom. The molecule has 1 unspecified atom stereocenters. The van der Waals surface area contributed by atoms with Gasteiger partial charge >= 0.3 is 0 Å². The van der Waals surface area contributed by atoms with Crippen LogP contribution < -0.4 is 10.2 Å². The molecular formula is C19H32N3O3S+. The summed E-state index contributed by atoms with van der Waals surface area (Å²) < 4.78 is 27.1. The Balaban J connectivity index is 2.12. The second kappa shape index (κ2) is 8.97. The van der Waals surface area contributed by atoms with E-state index in [0.717, 1.165) is 19.5 Å². The van der Waals surface area contributed by atoms with Gasteiger partial charge in [-0.15, -0.1) is 0 Å². The summed E-state index contributed by atoms with van der Waals surface area (Å²) in [5.74, 6) is 0.584. The third kappa shape index (κ3) is 5.05. The highest BCUT2D eigenvalue weighted by Crippen LogP contribution is 2.23. The number of amides is 1. The molecule has 0 radical (unpaired) electrons. The molecule has 26 heavy (non-hydrogen) atoms. The second-order valence-corrected chi connectivity index (χ2v) is 9.15. The number of carbonyl (C=O) groups is 1. The van der Waals surface area contributed by atoms with Gasteiger partial charge in [0, 0.05) is 24.7 Å². The van der Waals surface area contributed by atoms with Gasteiger partial charge in [0.2, 0.25) is 10.0 Å². The minimum atomic E-state index is -3.55. The number of nitrogens with one attached hydrogen (secondary N) is 2. The number of hydrogen-bond acceptors (Lipinski definition) is 3. The van der Waals surface area contributed by atoms with E-state index >= 15 is 0 Å². The van der Waals surface area contributed by atoms with Gasteiger partial charge in [-0.05, 0) is 37.5 Å². The molecule has 1 heterocycles. The molecule has 0 saturated carbocycles. The fourth-order valence-electron chi connectivity index (χ4n) is 3.65. The summed E-state index contributed by atoms with van der Waals surface area (Å²) in [7, 11) is -3.55. The summed E-state index contributed by atoms with van der Waals surface area (Å²) in [5.41, 5.74) is 1.22. The third-order valence-corrected chi connectivity index (χ3v) is 7.26. The van der Waals surface area contributed by atoms with Gasteiger partial charge in [0.25, 0.3) is 5.91 Å². The van der Waals surface area contributed by atoms with Crippen molar-refractivity contribution in [1.29, 1.82) is 0 Å². The first kappa shape index (κ1) is 20.9. The molecule has 6 nitrogen and oxygen atoms in total. The van der Waals surface area contributed by atoms with Gasteiger partial charge < -0.3 is 10.2 Å². The lowest BCUT2D eigenvalue weighted by Gasteiger charge is -2.27. The highest BCUT2D eigenvalue weighted by atomic mass is 32.2. The molecule has 0 aliphatic carbocycles. The number of aryl methyl sites for hydroxylation is 1. The average molecular weight is 383 g/mol. The van der Waals surface area contributed by atoms with Gasteiger partial charge in [-0.2, -0.15) is 4.31 Å². The third-order valence-electron chi connectivity index (χ3n) is 5.07. The Hall–Kier alpha value is -1.44. The van der Waals surface area contributed by atoms with Gasteiger partial charge in [-0.1, -0.05) is 26.8 Å². The quantitative estimate of drug-likeness (QED) is 0.746. The molecule has 2 rings (SSSR count). The Bertz CT molecular complexity index is 730. The van der Waals surface area contributed by atoms with E-state index in [9.17, 15) is 13.2 Å². The highest BCUT2D eigenvalue weighted by molar-refractivity contribution is 7.89. The minimum absolute atomic E-state index is 0.0656. The molecule has 1 amide bonds. The lowest BCUT2D eigenvalue weighted by Crippen LogP contribution is -3.14. The molecule has 2 N–H and O–H groups in total. The maximum atomic E-state index is 12.8. The zero-order chi connectivity index (χ0) is 19.3. The molecule has 7 heteroatoms. The van der Waals surface area contributed by atoms with Crippen LogP contribution in [-0.2, 0) is 14.8 Å². The van der Waals surface area contributed by atoms with Crippen molar-refractivity contribution in [3.8, 4) is 0 Å². The molecule has 1 aliphatic rings. The van der Waals surface area contributed by atoms with Gasteiger partial charge in [-0.3, -0.25) is 4.79 Å². The van der Waals surface area contributed by atoms with E-state index < -0.39 is 10.0 Å². The van der Waals surface area contributed by atoms with Crippen LogP contribution >= 0.6 is 0 Å². The van der Waals surface area contributed by atoms with Crippen molar-refractivity contribution in [2.75, 3.05) is 38.0 Å². The van der Waals surface area contributed by atoms with Crippen LogP contribution in [0.2, 0.25) is 0 Å². The van der Waals surface area contributed by atoms with Crippen molar-refractivity contribution in [3.05, 3.63) is 23.8 Å². The Labute approximate surface area is 157 Å². The predicted molar refractivity (Wildman–Crippen MR) is 104 cm³/mol. The summed E-state index contributed by atoms with van der Waals surface area (Å²) in [6.07, 6.45) is 2.39. The van der Waals surface area contributed by atoms with Crippen molar-refractivity contribution < 1.29 is 18.1 Å². The van der Waals surface area contributed by atoms with Crippen molar-refractivity contribution in [3.63, 3.8) is 0 Å². The number of benzene rings is 1. The number of quaternary nitrogens is 1. The van der Waals surface area contributed by atoms with Gasteiger partial charge in [0.05, 0.1) is 18.0 Å². The molecule has 0 bridgehead atoms. The summed E-state index contributed by atoms with van der Waals surface area (Å²) in [6.45, 7) is 11.0. The van der Waals surface area contributed by atoms with E-state index in [1.54, 1.807) is 25.1 Å². The van der Waals surface area contributed by atoms with Crippen LogP contribution in [0.25, 0.3) is 0 Å². The number of rotatable bonds is 7. The number of piperidine rings is 1. The standard InChI is InChI=1S/C19H31N3O3S/c1-5-22(6-2)26(24,25)18-12-17(10-9-16(18)4)20-19(23)14-21-11-7-8-15(3)13-21/h9-10,12,15H,5-8,11,13-14H2,1-4H3,(H,20,23)/p+1/t15-/m1/s1. The molecular weight excluding hydrogens is 350 g/mol. The number of carbonyl (C=O) groups excluding carboxylic acids is 1. The Morgan fingerprint density at radius 2 is 2.00 bits per heavy atom. The van der Waals surface area contributed by atoms with Crippen LogP contribution in [0, 0.1) is 12.8 Å². The highest BCUT2D eigenvalue weighted by Gasteiger charge is 2.25. The summed E-state index contributed by atoms with van der Waals surface area (Å²) in [5, 5.41) is 2.88. The number of anilines is 1.